The van der Waals surface area contributed by atoms with E-state index in [-0.39, 0.29) is 45.4 Å². The number of aryl methyl sites for hydroxylation is 1. The maximum Gasteiger partial charge on any atom is 0.416 e. The highest BCUT2D eigenvalue weighted by atomic mass is 32.2. The first-order valence-corrected chi connectivity index (χ1v) is 22.7. The van der Waals surface area contributed by atoms with E-state index in [2.05, 4.69) is 4.72 Å². The van der Waals surface area contributed by atoms with E-state index in [4.69, 9.17) is 14.2 Å². The van der Waals surface area contributed by atoms with Crippen LogP contribution in [0.2, 0.25) is 0 Å². The zero-order valence-corrected chi connectivity index (χ0v) is 35.8. The summed E-state index contributed by atoms with van der Waals surface area (Å²) in [6.07, 6.45) is -4.73. The number of alkyl halides is 3. The van der Waals surface area contributed by atoms with Gasteiger partial charge in [-0.25, -0.2) is 34.7 Å². The van der Waals surface area contributed by atoms with Gasteiger partial charge in [-0.2, -0.15) is 13.2 Å². The number of ether oxygens (including phenoxy) is 3. The number of nitrogens with one attached hydrogen (secondary N) is 2. The monoisotopic (exact) mass is 916 g/mol. The van der Waals surface area contributed by atoms with Gasteiger partial charge in [0.1, 0.15) is 34.7 Å². The van der Waals surface area contributed by atoms with E-state index in [9.17, 15) is 48.0 Å². The molecule has 15 nitrogen and oxygen atoms in total. The molecule has 2 amide bonds. The molecular weight excluding hydrogens is 878 g/mol. The van der Waals surface area contributed by atoms with Gasteiger partial charge in [-0.1, -0.05) is 24.3 Å². The fourth-order valence-corrected chi connectivity index (χ4v) is 10.4. The molecule has 328 valence electrons. The molecule has 0 spiro atoms. The van der Waals surface area contributed by atoms with Gasteiger partial charge in [0.05, 0.1) is 42.4 Å². The van der Waals surface area contributed by atoms with Crippen LogP contribution >= 0.6 is 0 Å². The number of benzene rings is 5. The molecule has 0 aromatic heterocycles. The summed E-state index contributed by atoms with van der Waals surface area (Å²) in [5.41, 5.74) is 0.319. The van der Waals surface area contributed by atoms with Crippen LogP contribution in [0.5, 0.6) is 17.2 Å². The number of carbonyl (C=O) groups is 2. The lowest BCUT2D eigenvalue weighted by Crippen LogP contribution is -2.43. The Morgan fingerprint density at radius 3 is 2.02 bits per heavy atom. The van der Waals surface area contributed by atoms with Gasteiger partial charge in [-0.3, -0.25) is 13.9 Å². The van der Waals surface area contributed by atoms with E-state index in [0.717, 1.165) is 0 Å². The zero-order chi connectivity index (χ0) is 45.2. The highest BCUT2D eigenvalue weighted by molar-refractivity contribution is 7.93. The number of rotatable bonds is 15. The zero-order valence-electron chi connectivity index (χ0n) is 33.3. The Morgan fingerprint density at radius 2 is 1.39 bits per heavy atom. The Bertz CT molecular complexity index is 2840. The summed E-state index contributed by atoms with van der Waals surface area (Å²) in [6, 6.07) is 21.1. The molecule has 5 aromatic carbocycles. The quantitative estimate of drug-likeness (QED) is 0.137. The van der Waals surface area contributed by atoms with Crippen LogP contribution in [0, 0.1) is 6.92 Å². The number of fused-ring (bicyclic) bond motifs is 1. The van der Waals surface area contributed by atoms with Crippen molar-refractivity contribution in [2.24, 2.45) is 0 Å². The molecule has 6 rings (SSSR count). The number of hydrogen-bond acceptors (Lipinski definition) is 12. The van der Waals surface area contributed by atoms with Gasteiger partial charge < -0.3 is 19.1 Å². The molecule has 0 saturated heterocycles. The Kier molecular flexibility index (Phi) is 12.8. The van der Waals surface area contributed by atoms with Crippen molar-refractivity contribution in [1.82, 2.24) is 9.44 Å². The maximum absolute atomic E-state index is 14.5. The number of sulfonamides is 3. The highest BCUT2D eigenvalue weighted by Gasteiger charge is 2.39. The van der Waals surface area contributed by atoms with Gasteiger partial charge in [0, 0.05) is 17.8 Å². The molecule has 62 heavy (non-hydrogen) atoms. The minimum atomic E-state index is -4.81. The van der Waals surface area contributed by atoms with Gasteiger partial charge in [0.15, 0.2) is 0 Å². The minimum Gasteiger partial charge on any atom is -0.497 e. The minimum absolute atomic E-state index is 0.00579. The fraction of sp³-hybridized carbons (Fsp3) is 0.220. The van der Waals surface area contributed by atoms with Crippen LogP contribution in [0.4, 0.5) is 24.5 Å². The first-order valence-electron chi connectivity index (χ1n) is 18.3. The van der Waals surface area contributed by atoms with Gasteiger partial charge in [0.2, 0.25) is 0 Å². The van der Waals surface area contributed by atoms with Crippen molar-refractivity contribution >= 4 is 53.3 Å². The van der Waals surface area contributed by atoms with E-state index < -0.39 is 71.1 Å². The molecule has 5 aromatic rings. The van der Waals surface area contributed by atoms with Crippen LogP contribution in [0.15, 0.2) is 124 Å². The van der Waals surface area contributed by atoms with E-state index in [1.807, 2.05) is 0 Å². The molecule has 21 heteroatoms. The lowest BCUT2D eigenvalue weighted by Gasteiger charge is -2.31. The number of hydrogen-bond donors (Lipinski definition) is 2. The second kappa shape index (κ2) is 17.6. The standard InChI is InChI=1S/C41H39F3N4O11S3/c1-26-11-20-37(36(23-26)59-4)61(53,54)46-40(50)39(27-7-5-8-30(24-27)58-3)47-22-21-33-34(47)9-6-10-35(33)48(62(55,56)32-18-14-29(57-2)15-19-32)25-38(49)45-60(51,52)31-16-12-28(13-17-31)41(42,43)44/h5-20,23-24,39H,21-22,25H2,1-4H3,(H,45,49)(H,46,50). The first kappa shape index (κ1) is 45.2. The smallest absolute Gasteiger partial charge is 0.416 e. The largest absolute Gasteiger partial charge is 0.497 e. The van der Waals surface area contributed by atoms with Crippen molar-refractivity contribution in [3.8, 4) is 17.2 Å². The second-order valence-electron chi connectivity index (χ2n) is 13.8. The summed E-state index contributed by atoms with van der Waals surface area (Å²) in [4.78, 5) is 28.2. The molecule has 0 aliphatic carbocycles. The molecule has 0 saturated carbocycles. The summed E-state index contributed by atoms with van der Waals surface area (Å²) in [5, 5.41) is 0. The summed E-state index contributed by atoms with van der Waals surface area (Å²) < 4.78 is 143. The maximum atomic E-state index is 14.5. The first-order chi connectivity index (χ1) is 29.2. The van der Waals surface area contributed by atoms with Crippen LogP contribution < -0.4 is 32.9 Å². The third-order valence-electron chi connectivity index (χ3n) is 9.80. The predicted octanol–water partition coefficient (Wildman–Crippen LogP) is 5.35. The summed E-state index contributed by atoms with van der Waals surface area (Å²) >= 11 is 0. The second-order valence-corrected chi connectivity index (χ2v) is 19.0. The Morgan fingerprint density at radius 1 is 0.742 bits per heavy atom. The topological polar surface area (TPSA) is 195 Å². The van der Waals surface area contributed by atoms with Gasteiger partial charge in [-0.05, 0) is 109 Å². The Hall–Kier alpha value is -6.32. The van der Waals surface area contributed by atoms with Crippen molar-refractivity contribution < 1.29 is 62.2 Å². The number of amides is 2. The van der Waals surface area contributed by atoms with Crippen LogP contribution in [0.25, 0.3) is 0 Å². The molecule has 0 fully saturated rings. The molecule has 2 N–H and O–H groups in total. The van der Waals surface area contributed by atoms with E-state index >= 15 is 0 Å². The molecule has 1 atom stereocenters. The van der Waals surface area contributed by atoms with Crippen LogP contribution in [-0.4, -0.2) is 71.5 Å². The number of carbonyl (C=O) groups excluding carboxylic acids is 2. The van der Waals surface area contributed by atoms with Crippen molar-refractivity contribution in [3.63, 3.8) is 0 Å². The van der Waals surface area contributed by atoms with Gasteiger partial charge >= 0.3 is 6.18 Å². The Balaban J connectivity index is 1.42. The molecule has 0 radical (unpaired) electrons. The normalized spacial score (nSPS) is 13.4. The molecule has 1 aliphatic heterocycles. The number of methoxy groups -OCH3 is 3. The highest BCUT2D eigenvalue weighted by Crippen LogP contribution is 2.42. The predicted molar refractivity (Wildman–Crippen MR) is 221 cm³/mol. The van der Waals surface area contributed by atoms with Gasteiger partial charge in [0.25, 0.3) is 41.9 Å². The van der Waals surface area contributed by atoms with Crippen molar-refractivity contribution in [3.05, 3.63) is 131 Å². The van der Waals surface area contributed by atoms with E-state index in [1.165, 1.54) is 82.0 Å². The van der Waals surface area contributed by atoms with E-state index in [0.29, 0.717) is 51.2 Å². The number of halogens is 3. The van der Waals surface area contributed by atoms with Crippen molar-refractivity contribution in [2.45, 2.75) is 40.2 Å². The fourth-order valence-electron chi connectivity index (χ4n) is 6.84. The van der Waals surface area contributed by atoms with Gasteiger partial charge in [-0.15, -0.1) is 0 Å². The Labute approximate surface area is 356 Å². The number of anilines is 2. The molecule has 0 bridgehead atoms. The average molecular weight is 917 g/mol. The van der Waals surface area contributed by atoms with Crippen LogP contribution in [0.1, 0.15) is 28.3 Å². The van der Waals surface area contributed by atoms with Crippen molar-refractivity contribution in [2.75, 3.05) is 43.6 Å². The number of nitrogens with zero attached hydrogens (tertiary/aromatic N) is 2. The molecule has 1 unspecified atom stereocenters. The average Bonchev–Trinajstić information content (AvgIpc) is 3.66. The van der Waals surface area contributed by atoms with E-state index in [1.54, 1.807) is 40.8 Å². The van der Waals surface area contributed by atoms with Crippen molar-refractivity contribution in [1.29, 1.82) is 0 Å². The SMILES string of the molecule is COc1ccc(S(=O)(=O)N(CC(=O)NS(=O)(=O)c2ccc(C(F)(F)F)cc2)c2cccc3c2CCN3C(C(=O)NS(=O)(=O)c2ccc(C)cc2OC)c2cccc(OC)c2)cc1. The lowest BCUT2D eigenvalue weighted by molar-refractivity contribution is -0.137. The van der Waals surface area contributed by atoms with Crippen LogP contribution in [0.3, 0.4) is 0 Å². The molecular formula is C41H39F3N4O11S3. The third kappa shape index (κ3) is 9.43. The summed E-state index contributed by atoms with van der Waals surface area (Å²) in [6.45, 7) is 0.609. The summed E-state index contributed by atoms with van der Waals surface area (Å²) in [7, 11) is -10.0. The molecule has 1 heterocycles. The molecule has 1 aliphatic rings. The third-order valence-corrected chi connectivity index (χ3v) is 14.3. The lowest BCUT2D eigenvalue weighted by atomic mass is 10.0. The van der Waals surface area contributed by atoms with Crippen LogP contribution in [-0.2, 0) is 52.3 Å². The summed E-state index contributed by atoms with van der Waals surface area (Å²) in [5.74, 6) is -1.72.